The van der Waals surface area contributed by atoms with Gasteiger partial charge in [0.05, 0.1) is 12.1 Å². The Kier molecular flexibility index (Phi) is 3.45. The number of fused-ring (bicyclic) bond motifs is 2. The predicted octanol–water partition coefficient (Wildman–Crippen LogP) is 2.37. The van der Waals surface area contributed by atoms with Gasteiger partial charge < -0.3 is 15.0 Å². The Labute approximate surface area is 139 Å². The third-order valence-electron chi connectivity index (χ3n) is 4.46. The molecule has 0 radical (unpaired) electrons. The molecule has 3 heterocycles. The molecular weight excluding hydrogens is 304 g/mol. The fourth-order valence-electron chi connectivity index (χ4n) is 2.96. The van der Waals surface area contributed by atoms with Crippen molar-refractivity contribution in [1.82, 2.24) is 20.3 Å². The van der Waals surface area contributed by atoms with Crippen LogP contribution in [0.4, 0.5) is 0 Å². The van der Waals surface area contributed by atoms with Crippen molar-refractivity contribution in [3.05, 3.63) is 53.0 Å². The summed E-state index contributed by atoms with van der Waals surface area (Å²) in [4.78, 5) is 24.2. The molecule has 0 bridgehead atoms. The van der Waals surface area contributed by atoms with Crippen LogP contribution in [-0.4, -0.2) is 27.5 Å². The number of carbonyl (C=O) groups is 1. The number of nitrogens with zero attached hydrogens (tertiary/aromatic N) is 2. The molecule has 1 aliphatic heterocycles. The summed E-state index contributed by atoms with van der Waals surface area (Å²) in [6, 6.07) is 7.81. The number of carbonyl (C=O) groups excluding carboxylic acids is 1. The summed E-state index contributed by atoms with van der Waals surface area (Å²) in [5.41, 5.74) is 4.82. The first kappa shape index (κ1) is 14.7. The molecule has 1 aromatic carbocycles. The second-order valence-corrected chi connectivity index (χ2v) is 6.11. The molecule has 1 amide bonds. The number of ether oxygens (including phenoxy) is 1. The van der Waals surface area contributed by atoms with Crippen molar-refractivity contribution in [3.63, 3.8) is 0 Å². The number of rotatable bonds is 3. The first-order valence-corrected chi connectivity index (χ1v) is 7.93. The van der Waals surface area contributed by atoms with E-state index in [0.717, 1.165) is 16.8 Å². The number of imidazole rings is 1. The van der Waals surface area contributed by atoms with E-state index in [1.807, 2.05) is 38.1 Å². The average molecular weight is 322 g/mol. The Morgan fingerprint density at radius 2 is 2.21 bits per heavy atom. The number of aryl methyl sites for hydroxylation is 2. The Balaban J connectivity index is 1.49. The van der Waals surface area contributed by atoms with Crippen molar-refractivity contribution in [2.45, 2.75) is 26.3 Å². The number of benzene rings is 1. The highest BCUT2D eigenvalue weighted by atomic mass is 16.5. The zero-order chi connectivity index (χ0) is 16.7. The summed E-state index contributed by atoms with van der Waals surface area (Å²) in [5, 5.41) is 2.94. The Morgan fingerprint density at radius 1 is 1.38 bits per heavy atom. The first-order chi connectivity index (χ1) is 11.6. The second-order valence-electron chi connectivity index (χ2n) is 6.11. The highest BCUT2D eigenvalue weighted by molar-refractivity contribution is 5.85. The number of hydrogen-bond donors (Lipinski definition) is 2. The molecule has 0 aliphatic carbocycles. The van der Waals surface area contributed by atoms with Gasteiger partial charge in [0.25, 0.3) is 0 Å². The topological polar surface area (TPSA) is 79.9 Å². The zero-order valence-electron chi connectivity index (χ0n) is 13.6. The lowest BCUT2D eigenvalue weighted by atomic mass is 9.96. The summed E-state index contributed by atoms with van der Waals surface area (Å²) in [7, 11) is 0. The molecule has 2 N–H and O–H groups in total. The van der Waals surface area contributed by atoms with Crippen LogP contribution in [0.15, 0.2) is 30.5 Å². The smallest absolute Gasteiger partial charge is 0.231 e. The molecule has 6 heteroatoms. The summed E-state index contributed by atoms with van der Waals surface area (Å²) in [6.45, 7) is 4.81. The van der Waals surface area contributed by atoms with Crippen LogP contribution < -0.4 is 10.1 Å². The molecule has 0 spiro atoms. The molecule has 0 saturated heterocycles. The van der Waals surface area contributed by atoms with E-state index in [1.165, 1.54) is 11.1 Å². The lowest BCUT2D eigenvalue weighted by Gasteiger charge is -2.10. The quantitative estimate of drug-likeness (QED) is 0.776. The largest absolute Gasteiger partial charge is 0.492 e. The van der Waals surface area contributed by atoms with E-state index < -0.39 is 0 Å². The molecule has 24 heavy (non-hydrogen) atoms. The normalized spacial score (nSPS) is 16.0. The number of aromatic nitrogens is 3. The number of hydrogen-bond acceptors (Lipinski definition) is 4. The molecule has 3 aromatic rings. The van der Waals surface area contributed by atoms with Crippen molar-refractivity contribution >= 4 is 17.1 Å². The molecular formula is C18H18N4O2. The van der Waals surface area contributed by atoms with Crippen molar-refractivity contribution < 1.29 is 9.53 Å². The zero-order valence-corrected chi connectivity index (χ0v) is 13.6. The van der Waals surface area contributed by atoms with Crippen molar-refractivity contribution in [2.24, 2.45) is 0 Å². The van der Waals surface area contributed by atoms with Gasteiger partial charge >= 0.3 is 0 Å². The maximum atomic E-state index is 12.5. The van der Waals surface area contributed by atoms with Gasteiger partial charge in [-0.25, -0.2) is 9.97 Å². The molecule has 1 aliphatic rings. The van der Waals surface area contributed by atoms with E-state index in [2.05, 4.69) is 20.3 Å². The third kappa shape index (κ3) is 2.50. The second kappa shape index (κ2) is 5.63. The number of amides is 1. The van der Waals surface area contributed by atoms with Gasteiger partial charge in [0.1, 0.15) is 24.1 Å². The van der Waals surface area contributed by atoms with Crippen molar-refractivity contribution in [1.29, 1.82) is 0 Å². The van der Waals surface area contributed by atoms with Gasteiger partial charge in [0, 0.05) is 11.8 Å². The summed E-state index contributed by atoms with van der Waals surface area (Å²) < 4.78 is 5.67. The lowest BCUT2D eigenvalue weighted by molar-refractivity contribution is -0.122. The SMILES string of the molecule is Cc1cc2c(cc1C)C(C(=O)NCc1nc3ncccc3[nH]1)CO2. The van der Waals surface area contributed by atoms with Gasteiger partial charge in [-0.05, 0) is 43.2 Å². The first-order valence-electron chi connectivity index (χ1n) is 7.93. The van der Waals surface area contributed by atoms with E-state index in [1.54, 1.807) is 6.20 Å². The van der Waals surface area contributed by atoms with Crippen LogP contribution in [-0.2, 0) is 11.3 Å². The Hall–Kier alpha value is -2.89. The highest BCUT2D eigenvalue weighted by Gasteiger charge is 2.30. The molecule has 0 saturated carbocycles. The van der Waals surface area contributed by atoms with Crippen LogP contribution in [0.1, 0.15) is 28.4 Å². The van der Waals surface area contributed by atoms with Crippen molar-refractivity contribution in [3.8, 4) is 5.75 Å². The molecule has 2 aromatic heterocycles. The fraction of sp³-hybridized carbons (Fsp3) is 0.278. The average Bonchev–Trinajstić information content (AvgIpc) is 3.16. The van der Waals surface area contributed by atoms with E-state index in [9.17, 15) is 4.79 Å². The van der Waals surface area contributed by atoms with Crippen LogP contribution in [0.2, 0.25) is 0 Å². The minimum atomic E-state index is -0.276. The monoisotopic (exact) mass is 322 g/mol. The molecule has 4 rings (SSSR count). The van der Waals surface area contributed by atoms with Gasteiger partial charge in [0.2, 0.25) is 5.91 Å². The van der Waals surface area contributed by atoms with Gasteiger partial charge in [-0.15, -0.1) is 0 Å². The van der Waals surface area contributed by atoms with Gasteiger partial charge in [-0.3, -0.25) is 4.79 Å². The fourth-order valence-corrected chi connectivity index (χ4v) is 2.96. The minimum Gasteiger partial charge on any atom is -0.492 e. The molecule has 1 atom stereocenters. The molecule has 122 valence electrons. The maximum absolute atomic E-state index is 12.5. The van der Waals surface area contributed by atoms with E-state index in [-0.39, 0.29) is 11.8 Å². The van der Waals surface area contributed by atoms with Crippen LogP contribution in [0.3, 0.4) is 0 Å². The Bertz CT molecular complexity index is 899. The maximum Gasteiger partial charge on any atom is 0.231 e. The Morgan fingerprint density at radius 3 is 3.04 bits per heavy atom. The van der Waals surface area contributed by atoms with Crippen LogP contribution in [0.25, 0.3) is 11.2 Å². The summed E-state index contributed by atoms with van der Waals surface area (Å²) in [5.74, 6) is 1.18. The van der Waals surface area contributed by atoms with Crippen LogP contribution in [0, 0.1) is 13.8 Å². The summed E-state index contributed by atoms with van der Waals surface area (Å²) in [6.07, 6.45) is 1.70. The molecule has 1 unspecified atom stereocenters. The lowest BCUT2D eigenvalue weighted by Crippen LogP contribution is -2.30. The van der Waals surface area contributed by atoms with E-state index >= 15 is 0 Å². The van der Waals surface area contributed by atoms with E-state index in [0.29, 0.717) is 24.6 Å². The minimum absolute atomic E-state index is 0.0505. The number of nitrogens with one attached hydrogen (secondary N) is 2. The van der Waals surface area contributed by atoms with Crippen LogP contribution in [0.5, 0.6) is 5.75 Å². The highest BCUT2D eigenvalue weighted by Crippen LogP contribution is 2.36. The summed E-state index contributed by atoms with van der Waals surface area (Å²) >= 11 is 0. The van der Waals surface area contributed by atoms with Gasteiger partial charge in [-0.2, -0.15) is 0 Å². The third-order valence-corrected chi connectivity index (χ3v) is 4.46. The molecule has 0 fully saturated rings. The number of pyridine rings is 1. The van der Waals surface area contributed by atoms with Crippen LogP contribution >= 0.6 is 0 Å². The number of H-pyrrole nitrogens is 1. The van der Waals surface area contributed by atoms with E-state index in [4.69, 9.17) is 4.74 Å². The van der Waals surface area contributed by atoms with Gasteiger partial charge in [0.15, 0.2) is 5.65 Å². The van der Waals surface area contributed by atoms with Gasteiger partial charge in [-0.1, -0.05) is 6.07 Å². The van der Waals surface area contributed by atoms with Crippen molar-refractivity contribution in [2.75, 3.05) is 6.61 Å². The number of aromatic amines is 1. The standard InChI is InChI=1S/C18H18N4O2/c1-10-6-12-13(9-24-15(12)7-11(10)2)18(23)20-8-16-21-14-4-3-5-19-17(14)22-16/h3-7,13H,8-9H2,1-2H3,(H,20,23)(H,19,21,22). The predicted molar refractivity (Wildman–Crippen MR) is 89.9 cm³/mol. The molecule has 6 nitrogen and oxygen atoms in total.